The number of pyridine rings is 1. The zero-order chi connectivity index (χ0) is 14.1. The van der Waals surface area contributed by atoms with Gasteiger partial charge in [-0.05, 0) is 17.7 Å². The van der Waals surface area contributed by atoms with Crippen molar-refractivity contribution in [1.29, 1.82) is 0 Å². The van der Waals surface area contributed by atoms with E-state index in [9.17, 15) is 9.18 Å². The van der Waals surface area contributed by atoms with Crippen molar-refractivity contribution < 1.29 is 13.9 Å². The monoisotopic (exact) mass is 282 g/mol. The molecule has 0 bridgehead atoms. The van der Waals surface area contributed by atoms with Crippen molar-refractivity contribution in [1.82, 2.24) is 4.98 Å². The molecule has 1 heterocycles. The summed E-state index contributed by atoms with van der Waals surface area (Å²) in [5.41, 5.74) is 5.72. The Labute approximate surface area is 115 Å². The van der Waals surface area contributed by atoms with Crippen LogP contribution >= 0.6 is 11.6 Å². The summed E-state index contributed by atoms with van der Waals surface area (Å²) in [5, 5.41) is 0.311. The molecule has 6 heteroatoms. The number of benzene rings is 1. The number of ether oxygens (including phenoxy) is 1. The van der Waals surface area contributed by atoms with Gasteiger partial charge in [0, 0.05) is 0 Å². The van der Waals surface area contributed by atoms with Crippen molar-refractivity contribution in [2.45, 2.75) is 6.61 Å². The molecule has 1 aromatic carbocycles. The lowest BCUT2D eigenvalue weighted by atomic mass is 10.2. The first-order valence-electron chi connectivity index (χ1n) is 5.31. The maximum atomic E-state index is 12.0. The van der Waals surface area contributed by atoms with E-state index < -0.39 is 6.09 Å². The van der Waals surface area contributed by atoms with Gasteiger partial charge in [0.1, 0.15) is 17.6 Å². The Morgan fingerprint density at radius 1 is 1.26 bits per heavy atom. The predicted octanol–water partition coefficient (Wildman–Crippen LogP) is 3.16. The minimum Gasteiger partial charge on any atom is -0.445 e. The molecule has 0 radical (unpaired) electrons. The van der Waals surface area contributed by atoms with E-state index in [1.54, 1.807) is 0 Å². The van der Waals surface area contributed by atoms with Gasteiger partial charge >= 0.3 is 6.09 Å². The molecule has 0 aliphatic rings. The third-order valence-electron chi connectivity index (χ3n) is 1.92. The molecule has 0 spiro atoms. The van der Waals surface area contributed by atoms with E-state index in [0.29, 0.717) is 5.15 Å². The number of nitrogens with zero attached hydrogens (tertiary/aromatic N) is 1. The topological polar surface area (TPSA) is 65.2 Å². The van der Waals surface area contributed by atoms with Crippen LogP contribution in [0.2, 0.25) is 5.15 Å². The number of primary amides is 1. The molecule has 2 aromatic rings. The molecule has 4 nitrogen and oxygen atoms in total. The number of aromatic nitrogens is 1. The fourth-order valence-electron chi connectivity index (χ4n) is 1.09. The van der Waals surface area contributed by atoms with Gasteiger partial charge in [-0.15, -0.1) is 0 Å². The highest BCUT2D eigenvalue weighted by molar-refractivity contribution is 6.29. The number of carbonyl (C=O) groups is 1. The molecule has 0 atom stereocenters. The van der Waals surface area contributed by atoms with Gasteiger partial charge < -0.3 is 10.5 Å². The molecule has 0 aliphatic heterocycles. The van der Waals surface area contributed by atoms with Crippen molar-refractivity contribution in [3.8, 4) is 0 Å². The van der Waals surface area contributed by atoms with Gasteiger partial charge in [0.15, 0.2) is 0 Å². The molecule has 0 unspecified atom stereocenters. The van der Waals surface area contributed by atoms with Crippen molar-refractivity contribution in [2.24, 2.45) is 5.73 Å². The van der Waals surface area contributed by atoms with Crippen molar-refractivity contribution in [2.75, 3.05) is 0 Å². The van der Waals surface area contributed by atoms with Gasteiger partial charge in [-0.1, -0.05) is 41.9 Å². The second kappa shape index (κ2) is 8.05. The average Bonchev–Trinajstić information content (AvgIpc) is 2.42. The molecular weight excluding hydrogens is 271 g/mol. The van der Waals surface area contributed by atoms with E-state index in [1.165, 1.54) is 12.1 Å². The summed E-state index contributed by atoms with van der Waals surface area (Å²) in [6.45, 7) is 0.246. The molecule has 1 amide bonds. The summed E-state index contributed by atoms with van der Waals surface area (Å²) in [7, 11) is 0. The molecule has 0 saturated carbocycles. The Morgan fingerprint density at radius 2 is 1.95 bits per heavy atom. The van der Waals surface area contributed by atoms with Crippen LogP contribution in [0.1, 0.15) is 5.56 Å². The second-order valence-corrected chi connectivity index (χ2v) is 3.78. The summed E-state index contributed by atoms with van der Waals surface area (Å²) < 4.78 is 16.5. The van der Waals surface area contributed by atoms with E-state index in [2.05, 4.69) is 9.72 Å². The van der Waals surface area contributed by atoms with Gasteiger partial charge in [0.2, 0.25) is 0 Å². The minimum atomic E-state index is -0.742. The van der Waals surface area contributed by atoms with Crippen LogP contribution in [-0.4, -0.2) is 11.1 Å². The smallest absolute Gasteiger partial charge is 0.404 e. The van der Waals surface area contributed by atoms with Crippen LogP contribution in [0.15, 0.2) is 48.7 Å². The second-order valence-electron chi connectivity index (χ2n) is 3.39. The summed E-state index contributed by atoms with van der Waals surface area (Å²) in [4.78, 5) is 13.6. The number of hydrogen-bond acceptors (Lipinski definition) is 3. The fraction of sp³-hybridized carbons (Fsp3) is 0.0769. The first kappa shape index (κ1) is 14.9. The standard InChI is InChI=1S/C8H9NO2.C5H3ClFN/c9-8(10)11-6-7-4-2-1-3-5-7;6-5-2-1-4(7)3-8-5/h1-5H,6H2,(H2,9,10);1-3H. The van der Waals surface area contributed by atoms with Crippen LogP contribution in [0, 0.1) is 5.82 Å². The number of rotatable bonds is 2. The predicted molar refractivity (Wildman–Crippen MR) is 70.0 cm³/mol. The van der Waals surface area contributed by atoms with Crippen LogP contribution in [0.4, 0.5) is 9.18 Å². The highest BCUT2D eigenvalue weighted by Gasteiger charge is 1.93. The van der Waals surface area contributed by atoms with Gasteiger partial charge in [-0.3, -0.25) is 0 Å². The third-order valence-corrected chi connectivity index (χ3v) is 2.14. The average molecular weight is 283 g/mol. The molecule has 19 heavy (non-hydrogen) atoms. The van der Waals surface area contributed by atoms with E-state index >= 15 is 0 Å². The Kier molecular flexibility index (Phi) is 6.32. The number of hydrogen-bond donors (Lipinski definition) is 1. The molecule has 0 aliphatic carbocycles. The number of amides is 1. The van der Waals surface area contributed by atoms with Gasteiger partial charge in [0.05, 0.1) is 6.20 Å². The molecular formula is C13H12ClFN2O2. The first-order chi connectivity index (χ1) is 9.08. The zero-order valence-electron chi connectivity index (χ0n) is 9.92. The van der Waals surface area contributed by atoms with Crippen molar-refractivity contribution in [3.63, 3.8) is 0 Å². The summed E-state index contributed by atoms with van der Waals surface area (Å²) in [6.07, 6.45) is 0.330. The summed E-state index contributed by atoms with van der Waals surface area (Å²) in [5.74, 6) is -0.366. The Bertz CT molecular complexity index is 485. The normalized spacial score (nSPS) is 9.16. The quantitative estimate of drug-likeness (QED) is 0.861. The Balaban J connectivity index is 0.000000200. The SMILES string of the molecule is Fc1ccc(Cl)nc1.NC(=O)OCc1ccccc1. The molecule has 100 valence electrons. The van der Waals surface area contributed by atoms with Crippen LogP contribution in [-0.2, 0) is 11.3 Å². The Hall–Kier alpha value is -2.14. The van der Waals surface area contributed by atoms with Gasteiger partial charge in [-0.25, -0.2) is 14.2 Å². The maximum absolute atomic E-state index is 12.0. The fourth-order valence-corrected chi connectivity index (χ4v) is 1.20. The van der Waals surface area contributed by atoms with Gasteiger partial charge in [0.25, 0.3) is 0 Å². The lowest BCUT2D eigenvalue weighted by molar-refractivity contribution is 0.150. The molecule has 1 aromatic heterocycles. The van der Waals surface area contributed by atoms with Crippen LogP contribution < -0.4 is 5.73 Å². The lowest BCUT2D eigenvalue weighted by Crippen LogP contribution is -2.12. The molecule has 2 rings (SSSR count). The summed E-state index contributed by atoms with van der Waals surface area (Å²) in [6, 6.07) is 12.0. The molecule has 0 saturated heterocycles. The van der Waals surface area contributed by atoms with Gasteiger partial charge in [-0.2, -0.15) is 0 Å². The number of nitrogens with two attached hydrogens (primary N) is 1. The lowest BCUT2D eigenvalue weighted by Gasteiger charge is -1.99. The van der Waals surface area contributed by atoms with Crippen molar-refractivity contribution >= 4 is 17.7 Å². The maximum Gasteiger partial charge on any atom is 0.404 e. The number of halogens is 2. The summed E-state index contributed by atoms with van der Waals surface area (Å²) >= 11 is 5.33. The van der Waals surface area contributed by atoms with E-state index in [0.717, 1.165) is 11.8 Å². The van der Waals surface area contributed by atoms with E-state index in [4.69, 9.17) is 17.3 Å². The van der Waals surface area contributed by atoms with Crippen LogP contribution in [0.5, 0.6) is 0 Å². The highest BCUT2D eigenvalue weighted by Crippen LogP contribution is 2.02. The minimum absolute atomic E-state index is 0.246. The Morgan fingerprint density at radius 3 is 2.42 bits per heavy atom. The third kappa shape index (κ3) is 7.00. The highest BCUT2D eigenvalue weighted by atomic mass is 35.5. The van der Waals surface area contributed by atoms with Crippen molar-refractivity contribution in [3.05, 3.63) is 65.2 Å². The first-order valence-corrected chi connectivity index (χ1v) is 5.69. The van der Waals surface area contributed by atoms with E-state index in [-0.39, 0.29) is 12.4 Å². The number of carbonyl (C=O) groups excluding carboxylic acids is 1. The van der Waals surface area contributed by atoms with Crippen LogP contribution in [0.25, 0.3) is 0 Å². The van der Waals surface area contributed by atoms with E-state index in [1.807, 2.05) is 30.3 Å². The largest absolute Gasteiger partial charge is 0.445 e. The molecule has 2 N–H and O–H groups in total. The molecule has 0 fully saturated rings. The van der Waals surface area contributed by atoms with Crippen LogP contribution in [0.3, 0.4) is 0 Å². The zero-order valence-corrected chi connectivity index (χ0v) is 10.7.